The molecule has 1 aromatic rings. The number of halogens is 1. The number of piperidine rings is 1. The third-order valence-corrected chi connectivity index (χ3v) is 4.24. The van der Waals surface area contributed by atoms with Gasteiger partial charge in [0.2, 0.25) is 5.91 Å². The number of nitrogens with two attached hydrogens (primary N) is 1. The fraction of sp³-hybridized carbons (Fsp3) is 0.533. The normalized spacial score (nSPS) is 18.4. The molecule has 1 heterocycles. The average Bonchev–Trinajstić information content (AvgIpc) is 2.47. The van der Waals surface area contributed by atoms with E-state index in [1.54, 1.807) is 0 Å². The van der Waals surface area contributed by atoms with Gasteiger partial charge >= 0.3 is 0 Å². The van der Waals surface area contributed by atoms with Crippen LogP contribution in [-0.2, 0) is 4.79 Å². The van der Waals surface area contributed by atoms with Crippen molar-refractivity contribution < 1.29 is 14.6 Å². The van der Waals surface area contributed by atoms with Gasteiger partial charge in [0.25, 0.3) is 0 Å². The number of ether oxygens (including phenoxy) is 1. The maximum absolute atomic E-state index is 11.1. The zero-order valence-corrected chi connectivity index (χ0v) is 13.5. The number of hydrogen-bond donors (Lipinski definition) is 2. The lowest BCUT2D eigenvalue weighted by Crippen LogP contribution is -2.43. The molecular weight excluding hydrogens is 336 g/mol. The van der Waals surface area contributed by atoms with Crippen LogP contribution in [0.3, 0.4) is 0 Å². The maximum Gasteiger partial charge on any atom is 0.220 e. The second-order valence-electron chi connectivity index (χ2n) is 5.40. The Balaban J connectivity index is 1.69. The Bertz CT molecular complexity index is 458. The number of likely N-dealkylation sites (tertiary alicyclic amines) is 1. The Morgan fingerprint density at radius 1 is 1.38 bits per heavy atom. The van der Waals surface area contributed by atoms with Gasteiger partial charge in [0, 0.05) is 16.9 Å². The largest absolute Gasteiger partial charge is 0.491 e. The molecule has 0 saturated carbocycles. The Kier molecular flexibility index (Phi) is 6.02. The lowest BCUT2D eigenvalue weighted by Gasteiger charge is -2.31. The number of benzene rings is 1. The molecule has 0 spiro atoms. The molecule has 0 aromatic heterocycles. The highest BCUT2D eigenvalue weighted by atomic mass is 79.9. The molecule has 1 atom stereocenters. The molecule has 2 rings (SSSR count). The predicted octanol–water partition coefficient (Wildman–Crippen LogP) is 1.39. The van der Waals surface area contributed by atoms with E-state index in [2.05, 4.69) is 20.8 Å². The van der Waals surface area contributed by atoms with Gasteiger partial charge in [-0.15, -0.1) is 0 Å². The number of primary amides is 1. The number of aliphatic hydroxyl groups is 1. The van der Waals surface area contributed by atoms with E-state index in [-0.39, 0.29) is 18.4 Å². The van der Waals surface area contributed by atoms with Gasteiger partial charge < -0.3 is 20.5 Å². The van der Waals surface area contributed by atoms with E-state index >= 15 is 0 Å². The van der Waals surface area contributed by atoms with E-state index < -0.39 is 6.10 Å². The smallest absolute Gasteiger partial charge is 0.220 e. The molecule has 116 valence electrons. The molecular formula is C15H21BrN2O3. The first-order chi connectivity index (χ1) is 10.0. The van der Waals surface area contributed by atoms with Crippen LogP contribution < -0.4 is 10.5 Å². The predicted molar refractivity (Wildman–Crippen MR) is 84.0 cm³/mol. The van der Waals surface area contributed by atoms with Crippen molar-refractivity contribution >= 4 is 21.8 Å². The summed E-state index contributed by atoms with van der Waals surface area (Å²) in [5, 5.41) is 10.0. The van der Waals surface area contributed by atoms with Crippen LogP contribution in [0, 0.1) is 5.92 Å². The van der Waals surface area contributed by atoms with Crippen LogP contribution in [0.1, 0.15) is 12.8 Å². The average molecular weight is 357 g/mol. The topological polar surface area (TPSA) is 75.8 Å². The summed E-state index contributed by atoms with van der Waals surface area (Å²) in [6.45, 7) is 2.41. The summed E-state index contributed by atoms with van der Waals surface area (Å²) in [5.74, 6) is 0.510. The third kappa shape index (κ3) is 5.30. The molecule has 6 heteroatoms. The fourth-order valence-electron chi connectivity index (χ4n) is 2.47. The minimum Gasteiger partial charge on any atom is -0.491 e. The molecule has 1 aliphatic rings. The number of β-amino-alcohol motifs (C(OH)–C–C–N with tert-alkyl or cyclic N) is 1. The summed E-state index contributed by atoms with van der Waals surface area (Å²) >= 11 is 3.36. The number of amides is 1. The Hall–Kier alpha value is -1.11. The van der Waals surface area contributed by atoms with E-state index in [1.807, 2.05) is 24.3 Å². The molecule has 5 nitrogen and oxygen atoms in total. The van der Waals surface area contributed by atoms with Gasteiger partial charge in [-0.25, -0.2) is 0 Å². The van der Waals surface area contributed by atoms with Crippen molar-refractivity contribution in [1.82, 2.24) is 4.90 Å². The van der Waals surface area contributed by atoms with Crippen molar-refractivity contribution in [2.75, 3.05) is 26.2 Å². The number of rotatable bonds is 6. The van der Waals surface area contributed by atoms with Crippen LogP contribution in [0.5, 0.6) is 5.75 Å². The minimum atomic E-state index is -0.543. The lowest BCUT2D eigenvalue weighted by molar-refractivity contribution is -0.123. The maximum atomic E-state index is 11.1. The van der Waals surface area contributed by atoms with Crippen molar-refractivity contribution in [3.05, 3.63) is 28.7 Å². The summed E-state index contributed by atoms with van der Waals surface area (Å²) in [5.41, 5.74) is 5.31. The van der Waals surface area contributed by atoms with Crippen molar-refractivity contribution in [2.45, 2.75) is 18.9 Å². The van der Waals surface area contributed by atoms with Crippen molar-refractivity contribution in [3.63, 3.8) is 0 Å². The van der Waals surface area contributed by atoms with Crippen LogP contribution in [0.15, 0.2) is 28.7 Å². The first-order valence-electron chi connectivity index (χ1n) is 7.12. The highest BCUT2D eigenvalue weighted by Gasteiger charge is 2.24. The van der Waals surface area contributed by atoms with Gasteiger partial charge in [-0.05, 0) is 50.2 Å². The quantitative estimate of drug-likeness (QED) is 0.807. The van der Waals surface area contributed by atoms with E-state index in [1.165, 1.54) is 0 Å². The highest BCUT2D eigenvalue weighted by molar-refractivity contribution is 9.10. The fourth-order valence-corrected chi connectivity index (χ4v) is 2.74. The number of nitrogens with zero attached hydrogens (tertiary/aromatic N) is 1. The monoisotopic (exact) mass is 356 g/mol. The number of carbonyl (C=O) groups excluding carboxylic acids is 1. The molecule has 1 saturated heterocycles. The number of carbonyl (C=O) groups is 1. The van der Waals surface area contributed by atoms with E-state index in [4.69, 9.17) is 10.5 Å². The van der Waals surface area contributed by atoms with E-state index in [0.29, 0.717) is 6.54 Å². The zero-order chi connectivity index (χ0) is 15.2. The summed E-state index contributed by atoms with van der Waals surface area (Å²) in [6, 6.07) is 7.51. The van der Waals surface area contributed by atoms with Gasteiger partial charge in [-0.3, -0.25) is 4.79 Å². The van der Waals surface area contributed by atoms with Gasteiger partial charge in [0.1, 0.15) is 18.5 Å². The summed E-state index contributed by atoms with van der Waals surface area (Å²) in [4.78, 5) is 13.2. The molecule has 1 aromatic carbocycles. The second kappa shape index (κ2) is 7.77. The van der Waals surface area contributed by atoms with Gasteiger partial charge in [0.05, 0.1) is 0 Å². The van der Waals surface area contributed by atoms with Crippen LogP contribution >= 0.6 is 15.9 Å². The third-order valence-electron chi connectivity index (χ3n) is 3.71. The van der Waals surface area contributed by atoms with Crippen LogP contribution in [0.4, 0.5) is 0 Å². The molecule has 1 amide bonds. The molecule has 0 bridgehead atoms. The lowest BCUT2D eigenvalue weighted by atomic mass is 9.96. The van der Waals surface area contributed by atoms with Gasteiger partial charge in [-0.2, -0.15) is 0 Å². The van der Waals surface area contributed by atoms with Crippen molar-refractivity contribution in [3.8, 4) is 5.75 Å². The Morgan fingerprint density at radius 2 is 2.00 bits per heavy atom. The van der Waals surface area contributed by atoms with Gasteiger partial charge in [-0.1, -0.05) is 15.9 Å². The van der Waals surface area contributed by atoms with Crippen molar-refractivity contribution in [1.29, 1.82) is 0 Å². The first kappa shape index (κ1) is 16.3. The van der Waals surface area contributed by atoms with Crippen molar-refractivity contribution in [2.24, 2.45) is 11.7 Å². The molecule has 3 N–H and O–H groups in total. The molecule has 1 fully saturated rings. The number of aliphatic hydroxyl groups excluding tert-OH is 1. The zero-order valence-electron chi connectivity index (χ0n) is 11.9. The molecule has 0 radical (unpaired) electrons. The first-order valence-corrected chi connectivity index (χ1v) is 7.92. The summed E-state index contributed by atoms with van der Waals surface area (Å²) < 4.78 is 6.55. The molecule has 21 heavy (non-hydrogen) atoms. The molecule has 1 aliphatic heterocycles. The van der Waals surface area contributed by atoms with Crippen LogP contribution in [0.25, 0.3) is 0 Å². The summed E-state index contributed by atoms with van der Waals surface area (Å²) in [6.07, 6.45) is 1.00. The molecule has 0 unspecified atom stereocenters. The van der Waals surface area contributed by atoms with Crippen LogP contribution in [0.2, 0.25) is 0 Å². The summed E-state index contributed by atoms with van der Waals surface area (Å²) in [7, 11) is 0. The second-order valence-corrected chi connectivity index (χ2v) is 6.31. The van der Waals surface area contributed by atoms with E-state index in [0.717, 1.165) is 36.2 Å². The standard InChI is InChI=1S/C15H21BrN2O3/c16-12-1-3-14(4-2-12)21-10-13(19)9-18-7-5-11(6-8-18)15(17)20/h1-4,11,13,19H,5-10H2,(H2,17,20)/t13-/m1/s1. The Labute approximate surface area is 133 Å². The molecule has 0 aliphatic carbocycles. The van der Waals surface area contributed by atoms with Crippen LogP contribution in [-0.4, -0.2) is 48.3 Å². The number of hydrogen-bond acceptors (Lipinski definition) is 4. The van der Waals surface area contributed by atoms with E-state index in [9.17, 15) is 9.90 Å². The minimum absolute atomic E-state index is 0.0163. The van der Waals surface area contributed by atoms with Gasteiger partial charge in [0.15, 0.2) is 0 Å². The Morgan fingerprint density at radius 3 is 2.57 bits per heavy atom. The highest BCUT2D eigenvalue weighted by Crippen LogP contribution is 2.18. The SMILES string of the molecule is NC(=O)C1CCN(C[C@@H](O)COc2ccc(Br)cc2)CC1.